The minimum atomic E-state index is 0.266. The molecule has 3 aliphatic rings. The number of piperidine rings is 3. The number of carbonyl (C=O) groups excluding carboxylic acids is 1. The Morgan fingerprint density at radius 2 is 1.97 bits per heavy atom. The molecule has 3 aliphatic heterocycles. The van der Waals surface area contributed by atoms with Crippen molar-refractivity contribution in [3.05, 3.63) is 30.3 Å². The molecule has 0 N–H and O–H groups in total. The van der Waals surface area contributed by atoms with Crippen LogP contribution in [0.4, 0.5) is 5.95 Å². The minimum Gasteiger partial charge on any atom is -0.337 e. The van der Waals surface area contributed by atoms with Gasteiger partial charge in [-0.15, -0.1) is 0 Å². The highest BCUT2D eigenvalue weighted by Crippen LogP contribution is 2.42. The summed E-state index contributed by atoms with van der Waals surface area (Å²) in [6, 6.07) is 10.5. The molecule has 0 aliphatic carbocycles. The van der Waals surface area contributed by atoms with Crippen LogP contribution < -0.4 is 4.90 Å². The summed E-state index contributed by atoms with van der Waals surface area (Å²) in [5.41, 5.74) is 0.943. The molecule has 3 saturated heterocycles. The lowest BCUT2D eigenvalue weighted by Crippen LogP contribution is -2.67. The molecule has 0 saturated carbocycles. The molecule has 2 aromatic rings. The maximum Gasteiger partial charge on any atom is 0.266 e. The monoisotopic (exact) mass is 395 g/mol. The van der Waals surface area contributed by atoms with Crippen molar-refractivity contribution < 1.29 is 9.32 Å². The summed E-state index contributed by atoms with van der Waals surface area (Å²) in [5, 5.41) is 4.30. The van der Waals surface area contributed by atoms with Crippen molar-refractivity contribution in [2.24, 2.45) is 11.8 Å². The smallest absolute Gasteiger partial charge is 0.266 e. The molecule has 1 aromatic carbocycles. The lowest BCUT2D eigenvalue weighted by molar-refractivity contribution is -0.149. The standard InChI is InChI=1S/C22H29N5O2/c1-25(2)14-19-17-11-16(18-9-6-10-20(28)27(18)19)12-26(13-17)22-23-21(29-24-22)15-7-4-3-5-8-15/h3-5,7-8,16-19H,6,9-14H2,1-2H3/t16-,17+,18+,19+/m1/s1. The second-order valence-electron chi connectivity index (χ2n) is 9.02. The zero-order chi connectivity index (χ0) is 20.0. The predicted octanol–water partition coefficient (Wildman–Crippen LogP) is 2.50. The largest absolute Gasteiger partial charge is 0.337 e. The summed E-state index contributed by atoms with van der Waals surface area (Å²) in [7, 11) is 4.20. The van der Waals surface area contributed by atoms with Crippen LogP contribution in [0.3, 0.4) is 0 Å². The van der Waals surface area contributed by atoms with E-state index in [1.165, 1.54) is 6.42 Å². The molecule has 1 aromatic heterocycles. The summed E-state index contributed by atoms with van der Waals surface area (Å²) in [4.78, 5) is 24.3. The van der Waals surface area contributed by atoms with E-state index in [1.54, 1.807) is 0 Å². The number of amides is 1. The van der Waals surface area contributed by atoms with Crippen LogP contribution in [-0.4, -0.2) is 71.7 Å². The first-order chi connectivity index (χ1) is 14.1. The topological polar surface area (TPSA) is 65.7 Å². The van der Waals surface area contributed by atoms with E-state index in [0.717, 1.165) is 38.0 Å². The predicted molar refractivity (Wildman–Crippen MR) is 110 cm³/mol. The van der Waals surface area contributed by atoms with Gasteiger partial charge in [0.15, 0.2) is 0 Å². The van der Waals surface area contributed by atoms with Gasteiger partial charge in [0.25, 0.3) is 11.8 Å². The van der Waals surface area contributed by atoms with E-state index in [0.29, 0.717) is 42.0 Å². The van der Waals surface area contributed by atoms with E-state index in [9.17, 15) is 4.79 Å². The van der Waals surface area contributed by atoms with Crippen molar-refractivity contribution in [3.8, 4) is 11.5 Å². The van der Waals surface area contributed by atoms with Crippen LogP contribution in [0, 0.1) is 11.8 Å². The molecule has 3 fully saturated rings. The van der Waals surface area contributed by atoms with Gasteiger partial charge in [0.1, 0.15) is 0 Å². The molecule has 154 valence electrons. The number of anilines is 1. The van der Waals surface area contributed by atoms with E-state index >= 15 is 0 Å². The fourth-order valence-corrected chi connectivity index (χ4v) is 5.59. The molecule has 7 nitrogen and oxygen atoms in total. The Labute approximate surface area is 171 Å². The highest BCUT2D eigenvalue weighted by Gasteiger charge is 2.49. The lowest BCUT2D eigenvalue weighted by Gasteiger charge is -2.56. The van der Waals surface area contributed by atoms with Gasteiger partial charge < -0.3 is 19.2 Å². The van der Waals surface area contributed by atoms with Crippen LogP contribution in [0.1, 0.15) is 25.7 Å². The van der Waals surface area contributed by atoms with E-state index in [2.05, 4.69) is 34.0 Å². The highest BCUT2D eigenvalue weighted by atomic mass is 16.5. The zero-order valence-electron chi connectivity index (χ0n) is 17.2. The summed E-state index contributed by atoms with van der Waals surface area (Å²) in [6.07, 6.45) is 4.01. The van der Waals surface area contributed by atoms with Crippen LogP contribution in [0.2, 0.25) is 0 Å². The first-order valence-electron chi connectivity index (χ1n) is 10.7. The van der Waals surface area contributed by atoms with E-state index in [-0.39, 0.29) is 6.04 Å². The van der Waals surface area contributed by atoms with E-state index < -0.39 is 0 Å². The highest BCUT2D eigenvalue weighted by molar-refractivity contribution is 5.78. The van der Waals surface area contributed by atoms with Gasteiger partial charge in [0.2, 0.25) is 5.91 Å². The Bertz CT molecular complexity index is 867. The molecule has 4 atom stereocenters. The Kier molecular flexibility index (Phi) is 4.78. The number of benzene rings is 1. The first kappa shape index (κ1) is 18.6. The van der Waals surface area contributed by atoms with Crippen LogP contribution >= 0.6 is 0 Å². The van der Waals surface area contributed by atoms with Crippen molar-refractivity contribution in [2.75, 3.05) is 38.6 Å². The third kappa shape index (κ3) is 3.41. The minimum absolute atomic E-state index is 0.266. The third-order valence-corrected chi connectivity index (χ3v) is 6.77. The molecular formula is C22H29N5O2. The second-order valence-corrected chi connectivity index (χ2v) is 9.02. The SMILES string of the molecule is CN(C)C[C@H]1[C@H]2C[C@H](CN(c3noc(-c4ccccc4)n3)C2)[C@@H]2CCCC(=O)N21. The molecule has 1 amide bonds. The van der Waals surface area contributed by atoms with Gasteiger partial charge in [-0.25, -0.2) is 0 Å². The Morgan fingerprint density at radius 3 is 2.76 bits per heavy atom. The molecule has 0 spiro atoms. The molecule has 2 bridgehead atoms. The lowest BCUT2D eigenvalue weighted by atomic mass is 9.72. The van der Waals surface area contributed by atoms with Gasteiger partial charge in [0, 0.05) is 43.7 Å². The molecular weight excluding hydrogens is 366 g/mol. The van der Waals surface area contributed by atoms with Crippen molar-refractivity contribution in [3.63, 3.8) is 0 Å². The van der Waals surface area contributed by atoms with Crippen LogP contribution in [0.5, 0.6) is 0 Å². The maximum absolute atomic E-state index is 12.8. The molecule has 0 radical (unpaired) electrons. The number of likely N-dealkylation sites (N-methyl/N-ethyl adjacent to an activating group) is 1. The average molecular weight is 396 g/mol. The van der Waals surface area contributed by atoms with Crippen molar-refractivity contribution >= 4 is 11.9 Å². The maximum atomic E-state index is 12.8. The number of aromatic nitrogens is 2. The summed E-state index contributed by atoms with van der Waals surface area (Å²) < 4.78 is 5.57. The van der Waals surface area contributed by atoms with Crippen LogP contribution in [-0.2, 0) is 4.79 Å². The summed E-state index contributed by atoms with van der Waals surface area (Å²) >= 11 is 0. The number of hydrogen-bond acceptors (Lipinski definition) is 6. The fourth-order valence-electron chi connectivity index (χ4n) is 5.59. The van der Waals surface area contributed by atoms with Gasteiger partial charge in [-0.2, -0.15) is 4.98 Å². The van der Waals surface area contributed by atoms with Gasteiger partial charge >= 0.3 is 0 Å². The van der Waals surface area contributed by atoms with Crippen LogP contribution in [0.25, 0.3) is 11.5 Å². The van der Waals surface area contributed by atoms with Gasteiger partial charge in [-0.1, -0.05) is 18.2 Å². The second kappa shape index (κ2) is 7.44. The van der Waals surface area contributed by atoms with Gasteiger partial charge in [-0.3, -0.25) is 4.79 Å². The first-order valence-corrected chi connectivity index (χ1v) is 10.7. The Balaban J connectivity index is 1.41. The van der Waals surface area contributed by atoms with E-state index in [1.807, 2.05) is 30.3 Å². The molecule has 7 heteroatoms. The Morgan fingerprint density at radius 1 is 1.17 bits per heavy atom. The molecule has 0 unspecified atom stereocenters. The fraction of sp³-hybridized carbons (Fsp3) is 0.591. The van der Waals surface area contributed by atoms with Crippen molar-refractivity contribution in [2.45, 2.75) is 37.8 Å². The van der Waals surface area contributed by atoms with E-state index in [4.69, 9.17) is 9.51 Å². The normalized spacial score (nSPS) is 29.3. The van der Waals surface area contributed by atoms with Crippen LogP contribution in [0.15, 0.2) is 34.9 Å². The molecule has 5 rings (SSSR count). The Hall–Kier alpha value is -2.41. The zero-order valence-corrected chi connectivity index (χ0v) is 17.2. The third-order valence-electron chi connectivity index (χ3n) is 6.77. The molecule has 4 heterocycles. The number of rotatable bonds is 4. The number of nitrogens with zero attached hydrogens (tertiary/aromatic N) is 5. The number of carbonyl (C=O) groups is 1. The summed E-state index contributed by atoms with van der Waals surface area (Å²) in [6.45, 7) is 2.68. The van der Waals surface area contributed by atoms with Crippen molar-refractivity contribution in [1.82, 2.24) is 19.9 Å². The van der Waals surface area contributed by atoms with Gasteiger partial charge in [0.05, 0.1) is 0 Å². The quantitative estimate of drug-likeness (QED) is 0.793. The van der Waals surface area contributed by atoms with Gasteiger partial charge in [-0.05, 0) is 62.5 Å². The van der Waals surface area contributed by atoms with Crippen molar-refractivity contribution in [1.29, 1.82) is 0 Å². The molecule has 29 heavy (non-hydrogen) atoms. The average Bonchev–Trinajstić information content (AvgIpc) is 3.22. The number of hydrogen-bond donors (Lipinski definition) is 0. The number of fused-ring (bicyclic) bond motifs is 4. The summed E-state index contributed by atoms with van der Waals surface area (Å²) in [5.74, 6) is 2.51.